The highest BCUT2D eigenvalue weighted by Crippen LogP contribution is 2.27. The molecule has 1 N–H and O–H groups in total. The van der Waals surface area contributed by atoms with Crippen LogP contribution in [0.4, 0.5) is 14.9 Å². The van der Waals surface area contributed by atoms with E-state index in [1.807, 2.05) is 5.32 Å². The van der Waals surface area contributed by atoms with Crippen molar-refractivity contribution in [3.63, 3.8) is 0 Å². The molecule has 0 radical (unpaired) electrons. The Labute approximate surface area is 95.1 Å². The minimum absolute atomic E-state index is 0.00588. The Morgan fingerprint density at radius 1 is 1.53 bits per heavy atom. The summed E-state index contributed by atoms with van der Waals surface area (Å²) in [4.78, 5) is 14.4. The van der Waals surface area contributed by atoms with Crippen LogP contribution in [0.15, 0.2) is 22.7 Å². The van der Waals surface area contributed by atoms with Crippen LogP contribution < -0.4 is 10.4 Å². The highest BCUT2D eigenvalue weighted by molar-refractivity contribution is 5.87. The van der Waals surface area contributed by atoms with Gasteiger partial charge in [0.25, 0.3) is 5.89 Å². The number of carbonyl (C=O) groups excluding carboxylic acids is 1. The van der Waals surface area contributed by atoms with Gasteiger partial charge in [0.05, 0.1) is 11.3 Å². The standard InChI is InChI=1S/C10H8FN3O3/c1-5-12-9(17-14-5)7-3-2-6(11)4-8(7)13-10(15)16/h2-4,13H,1H3,(H,15,16)/p-1. The van der Waals surface area contributed by atoms with Crippen LogP contribution in [0.5, 0.6) is 0 Å². The number of carboxylic acid groups (broad SMARTS) is 1. The number of aryl methyl sites for hydroxylation is 1. The van der Waals surface area contributed by atoms with Gasteiger partial charge in [0.15, 0.2) is 5.82 Å². The van der Waals surface area contributed by atoms with E-state index in [0.29, 0.717) is 5.82 Å². The Hall–Kier alpha value is -2.44. The van der Waals surface area contributed by atoms with Gasteiger partial charge < -0.3 is 19.7 Å². The molecule has 2 aromatic rings. The van der Waals surface area contributed by atoms with Gasteiger partial charge in [-0.1, -0.05) is 5.16 Å². The summed E-state index contributed by atoms with van der Waals surface area (Å²) in [6.07, 6.45) is -1.55. The molecule has 1 aromatic carbocycles. The molecule has 0 aliphatic heterocycles. The van der Waals surface area contributed by atoms with Crippen LogP contribution in [0.3, 0.4) is 0 Å². The maximum atomic E-state index is 13.0. The predicted octanol–water partition coefficient (Wildman–Crippen LogP) is 0.939. The van der Waals surface area contributed by atoms with Gasteiger partial charge in [0.1, 0.15) is 11.9 Å². The normalized spacial score (nSPS) is 10.2. The summed E-state index contributed by atoms with van der Waals surface area (Å²) < 4.78 is 17.9. The van der Waals surface area contributed by atoms with E-state index in [0.717, 1.165) is 12.1 Å². The Bertz CT molecular complexity index is 568. The maximum Gasteiger partial charge on any atom is 0.260 e. The fourth-order valence-corrected chi connectivity index (χ4v) is 1.32. The van der Waals surface area contributed by atoms with Crippen molar-refractivity contribution >= 4 is 11.8 Å². The second kappa shape index (κ2) is 4.20. The molecule has 0 aliphatic rings. The molecular formula is C10H7FN3O3-. The lowest BCUT2D eigenvalue weighted by atomic mass is 10.1. The van der Waals surface area contributed by atoms with E-state index in [9.17, 15) is 14.3 Å². The summed E-state index contributed by atoms with van der Waals surface area (Å²) in [6.45, 7) is 1.61. The van der Waals surface area contributed by atoms with Gasteiger partial charge in [-0.25, -0.2) is 4.39 Å². The lowest BCUT2D eigenvalue weighted by Gasteiger charge is -2.09. The van der Waals surface area contributed by atoms with Crippen LogP contribution in [-0.4, -0.2) is 16.2 Å². The molecule has 1 aromatic heterocycles. The first-order chi connectivity index (χ1) is 8.06. The average molecular weight is 236 g/mol. The predicted molar refractivity (Wildman–Crippen MR) is 53.4 cm³/mol. The number of benzene rings is 1. The first-order valence-corrected chi connectivity index (χ1v) is 4.64. The zero-order valence-electron chi connectivity index (χ0n) is 8.73. The fraction of sp³-hybridized carbons (Fsp3) is 0.100. The maximum absolute atomic E-state index is 13.0. The topological polar surface area (TPSA) is 91.1 Å². The molecule has 7 heteroatoms. The van der Waals surface area contributed by atoms with Crippen LogP contribution in [-0.2, 0) is 0 Å². The van der Waals surface area contributed by atoms with Crippen LogP contribution in [0, 0.1) is 12.7 Å². The van der Waals surface area contributed by atoms with E-state index in [1.54, 1.807) is 6.92 Å². The van der Waals surface area contributed by atoms with Crippen LogP contribution in [0.2, 0.25) is 0 Å². The zero-order chi connectivity index (χ0) is 12.4. The fourth-order valence-electron chi connectivity index (χ4n) is 1.32. The molecule has 1 heterocycles. The summed E-state index contributed by atoms with van der Waals surface area (Å²) >= 11 is 0. The molecule has 17 heavy (non-hydrogen) atoms. The van der Waals surface area contributed by atoms with Gasteiger partial charge in [0.2, 0.25) is 0 Å². The van der Waals surface area contributed by atoms with E-state index < -0.39 is 11.9 Å². The Kier molecular flexibility index (Phi) is 2.73. The van der Waals surface area contributed by atoms with E-state index in [2.05, 4.69) is 10.1 Å². The Morgan fingerprint density at radius 2 is 2.29 bits per heavy atom. The highest BCUT2D eigenvalue weighted by Gasteiger charge is 2.12. The molecule has 0 bridgehead atoms. The van der Waals surface area contributed by atoms with E-state index >= 15 is 0 Å². The van der Waals surface area contributed by atoms with Crippen molar-refractivity contribution in [1.29, 1.82) is 0 Å². The second-order valence-corrected chi connectivity index (χ2v) is 3.25. The van der Waals surface area contributed by atoms with E-state index in [1.165, 1.54) is 6.07 Å². The summed E-state index contributed by atoms with van der Waals surface area (Å²) in [5.74, 6) is -0.0938. The van der Waals surface area contributed by atoms with Crippen LogP contribution in [0.1, 0.15) is 5.82 Å². The SMILES string of the molecule is Cc1noc(-c2ccc(F)cc2NC(=O)[O-])n1. The summed E-state index contributed by atoms with van der Waals surface area (Å²) in [5, 5.41) is 16.0. The Balaban J connectivity index is 2.49. The number of anilines is 1. The van der Waals surface area contributed by atoms with Crippen molar-refractivity contribution in [3.05, 3.63) is 29.8 Å². The van der Waals surface area contributed by atoms with Gasteiger partial charge in [-0.3, -0.25) is 0 Å². The molecule has 0 fully saturated rings. The van der Waals surface area contributed by atoms with Crippen molar-refractivity contribution in [2.75, 3.05) is 5.32 Å². The number of hydrogen-bond donors (Lipinski definition) is 1. The third-order valence-electron chi connectivity index (χ3n) is 1.98. The number of nitrogens with one attached hydrogen (secondary N) is 1. The molecule has 0 saturated heterocycles. The molecule has 0 saturated carbocycles. The van der Waals surface area contributed by atoms with Crippen molar-refractivity contribution < 1.29 is 18.8 Å². The first kappa shape index (κ1) is 11.1. The van der Waals surface area contributed by atoms with E-state index in [-0.39, 0.29) is 17.1 Å². The van der Waals surface area contributed by atoms with Gasteiger partial charge in [0, 0.05) is 0 Å². The number of rotatable bonds is 2. The molecule has 0 spiro atoms. The lowest BCUT2D eigenvalue weighted by molar-refractivity contribution is -0.242. The third kappa shape index (κ3) is 2.39. The summed E-state index contributed by atoms with van der Waals surface area (Å²) in [7, 11) is 0. The van der Waals surface area contributed by atoms with E-state index in [4.69, 9.17) is 4.52 Å². The minimum Gasteiger partial charge on any atom is -0.530 e. The largest absolute Gasteiger partial charge is 0.530 e. The molecule has 1 amide bonds. The number of carbonyl (C=O) groups is 1. The quantitative estimate of drug-likeness (QED) is 0.837. The minimum atomic E-state index is -1.55. The number of hydrogen-bond acceptors (Lipinski definition) is 5. The van der Waals surface area contributed by atoms with Crippen molar-refractivity contribution in [2.45, 2.75) is 6.92 Å². The number of amides is 1. The lowest BCUT2D eigenvalue weighted by Crippen LogP contribution is -2.29. The van der Waals surface area contributed by atoms with Crippen molar-refractivity contribution in [2.24, 2.45) is 0 Å². The monoisotopic (exact) mass is 236 g/mol. The Morgan fingerprint density at radius 3 is 2.88 bits per heavy atom. The molecular weight excluding hydrogens is 229 g/mol. The molecule has 0 unspecified atom stereocenters. The van der Waals surface area contributed by atoms with Gasteiger partial charge in [-0.05, 0) is 25.1 Å². The van der Waals surface area contributed by atoms with Gasteiger partial charge in [-0.2, -0.15) is 4.98 Å². The number of aromatic nitrogens is 2. The van der Waals surface area contributed by atoms with Crippen molar-refractivity contribution in [3.8, 4) is 11.5 Å². The third-order valence-corrected chi connectivity index (χ3v) is 1.98. The summed E-state index contributed by atoms with van der Waals surface area (Å²) in [5.41, 5.74) is 0.282. The second-order valence-electron chi connectivity index (χ2n) is 3.25. The number of halogens is 1. The number of nitrogens with zero attached hydrogens (tertiary/aromatic N) is 2. The molecule has 0 aliphatic carbocycles. The molecule has 88 valence electrons. The smallest absolute Gasteiger partial charge is 0.260 e. The molecule has 2 rings (SSSR count). The van der Waals surface area contributed by atoms with Crippen LogP contribution >= 0.6 is 0 Å². The first-order valence-electron chi connectivity index (χ1n) is 4.64. The molecule has 0 atom stereocenters. The van der Waals surface area contributed by atoms with Gasteiger partial charge in [-0.15, -0.1) is 0 Å². The van der Waals surface area contributed by atoms with Crippen LogP contribution in [0.25, 0.3) is 11.5 Å². The molecule has 6 nitrogen and oxygen atoms in total. The summed E-state index contributed by atoms with van der Waals surface area (Å²) in [6, 6.07) is 3.51. The van der Waals surface area contributed by atoms with Crippen molar-refractivity contribution in [1.82, 2.24) is 10.1 Å². The average Bonchev–Trinajstić information content (AvgIpc) is 2.64. The zero-order valence-corrected chi connectivity index (χ0v) is 8.73. The highest BCUT2D eigenvalue weighted by atomic mass is 19.1. The van der Waals surface area contributed by atoms with Gasteiger partial charge >= 0.3 is 0 Å².